The molecule has 0 bridgehead atoms. The van der Waals surface area contributed by atoms with E-state index >= 15 is 0 Å². The lowest BCUT2D eigenvalue weighted by atomic mass is 9.83. The van der Waals surface area contributed by atoms with Crippen LogP contribution >= 0.6 is 0 Å². The second-order valence-corrected chi connectivity index (χ2v) is 24.1. The molecule has 0 unspecified atom stereocenters. The molecule has 0 fully saturated rings. The van der Waals surface area contributed by atoms with Gasteiger partial charge in [0.1, 0.15) is 24.0 Å². The van der Waals surface area contributed by atoms with Crippen LogP contribution in [0.2, 0.25) is 0 Å². The first-order valence-corrected chi connectivity index (χ1v) is 26.7. The van der Waals surface area contributed by atoms with Crippen molar-refractivity contribution < 1.29 is 7.48 Å². The highest BCUT2D eigenvalue weighted by atomic mass is 16.5. The monoisotopic (exact) mass is 983 g/mol. The minimum atomic E-state index is -1.55. The Bertz CT molecular complexity index is 4250. The molecule has 11 aromatic rings. The van der Waals surface area contributed by atoms with Gasteiger partial charge in [0.25, 0.3) is 0 Å². The molecule has 5 heteroatoms. The van der Waals surface area contributed by atoms with E-state index in [0.29, 0.717) is 12.2 Å². The van der Waals surface area contributed by atoms with Gasteiger partial charge in [-0.15, -0.1) is 0 Å². The van der Waals surface area contributed by atoms with Gasteiger partial charge < -0.3 is 14.2 Å². The molecular formula is C70H68N4O. The van der Waals surface area contributed by atoms with E-state index in [-0.39, 0.29) is 22.2 Å². The Labute approximate surface area is 445 Å². The van der Waals surface area contributed by atoms with Crippen molar-refractivity contribution in [3.05, 3.63) is 204 Å². The zero-order valence-electron chi connectivity index (χ0n) is 47.3. The molecule has 4 heterocycles. The molecule has 0 spiro atoms. The van der Waals surface area contributed by atoms with E-state index in [1.54, 1.807) is 0 Å². The Balaban J connectivity index is 1.10. The molecule has 0 radical (unpaired) electrons. The summed E-state index contributed by atoms with van der Waals surface area (Å²) in [5.41, 5.74) is 12.3. The summed E-state index contributed by atoms with van der Waals surface area (Å²) in [4.78, 5) is 7.40. The van der Waals surface area contributed by atoms with Crippen LogP contribution < -0.4 is 9.64 Å². The molecule has 1 aliphatic rings. The van der Waals surface area contributed by atoms with Crippen LogP contribution in [0.4, 0.5) is 11.4 Å². The molecule has 0 aliphatic carbocycles. The van der Waals surface area contributed by atoms with Gasteiger partial charge in [0.15, 0.2) is 0 Å². The molecule has 75 heavy (non-hydrogen) atoms. The number of pyridine rings is 1. The fourth-order valence-electron chi connectivity index (χ4n) is 11.4. The highest BCUT2D eigenvalue weighted by molar-refractivity contribution is 6.22. The largest absolute Gasteiger partial charge is 0.457 e. The molecule has 0 N–H and O–H groups in total. The highest BCUT2D eigenvalue weighted by Crippen LogP contribution is 2.47. The molecule has 0 saturated carbocycles. The van der Waals surface area contributed by atoms with E-state index in [2.05, 4.69) is 252 Å². The lowest BCUT2D eigenvalue weighted by Gasteiger charge is -2.24. The molecule has 1 aliphatic heterocycles. The molecule has 374 valence electrons. The number of fused-ring (bicyclic) bond motifs is 10. The van der Waals surface area contributed by atoms with Crippen LogP contribution in [0.15, 0.2) is 182 Å². The van der Waals surface area contributed by atoms with Gasteiger partial charge in [-0.3, -0.25) is 4.57 Å². The van der Waals surface area contributed by atoms with Crippen molar-refractivity contribution in [2.24, 2.45) is 5.92 Å². The topological polar surface area (TPSA) is 35.2 Å². The smallest absolute Gasteiger partial charge is 0.137 e. The Morgan fingerprint density at radius 2 is 1.11 bits per heavy atom. The lowest BCUT2D eigenvalue weighted by Crippen LogP contribution is -2.16. The fraction of sp³-hybridized carbons (Fsp3) is 0.243. The van der Waals surface area contributed by atoms with E-state index in [4.69, 9.17) is 9.72 Å². The van der Waals surface area contributed by atoms with Crippen molar-refractivity contribution in [2.75, 3.05) is 4.90 Å². The third kappa shape index (κ3) is 8.57. The van der Waals surface area contributed by atoms with E-state index in [0.717, 1.165) is 83.6 Å². The highest BCUT2D eigenvalue weighted by Gasteiger charge is 2.29. The van der Waals surface area contributed by atoms with Crippen LogP contribution in [0.1, 0.15) is 101 Å². The fourth-order valence-corrected chi connectivity index (χ4v) is 11.4. The second-order valence-electron chi connectivity index (χ2n) is 24.1. The predicted octanol–water partition coefficient (Wildman–Crippen LogP) is 19.4. The summed E-state index contributed by atoms with van der Waals surface area (Å²) >= 11 is 0. The minimum Gasteiger partial charge on any atom is -0.457 e. The third-order valence-electron chi connectivity index (χ3n) is 15.2. The average molecular weight is 983 g/mol. The number of rotatable bonds is 7. The molecule has 12 rings (SSSR count). The first-order valence-electron chi connectivity index (χ1n) is 27.7. The van der Waals surface area contributed by atoms with Crippen LogP contribution in [0, 0.1) is 5.92 Å². The Kier molecular flexibility index (Phi) is 10.9. The minimum absolute atomic E-state index is 0.0379. The number of benzene rings is 8. The normalized spacial score (nSPS) is 13.7. The molecule has 0 atom stereocenters. The summed E-state index contributed by atoms with van der Waals surface area (Å²) in [6, 6.07) is 63.7. The predicted molar refractivity (Wildman–Crippen MR) is 319 cm³/mol. The van der Waals surface area contributed by atoms with Crippen LogP contribution in [0.3, 0.4) is 0 Å². The molecule has 5 nitrogen and oxygen atoms in total. The van der Waals surface area contributed by atoms with Crippen LogP contribution in [-0.2, 0) is 29.3 Å². The van der Waals surface area contributed by atoms with Crippen molar-refractivity contribution in [1.29, 1.82) is 0 Å². The molecule has 8 aromatic carbocycles. The summed E-state index contributed by atoms with van der Waals surface area (Å²) in [5, 5.41) is 9.27. The maximum Gasteiger partial charge on any atom is 0.137 e. The first-order chi connectivity index (χ1) is 36.6. The quantitative estimate of drug-likeness (QED) is 0.160. The zero-order chi connectivity index (χ0) is 53.9. The van der Waals surface area contributed by atoms with E-state index in [1.165, 1.54) is 38.1 Å². The van der Waals surface area contributed by atoms with Crippen molar-refractivity contribution in [3.8, 4) is 28.4 Å². The number of para-hydroxylation sites is 2. The average Bonchev–Trinajstić information content (AvgIpc) is 4.11. The van der Waals surface area contributed by atoms with Crippen LogP contribution in [0.25, 0.3) is 82.1 Å². The van der Waals surface area contributed by atoms with Gasteiger partial charge in [-0.2, -0.15) is 0 Å². The molecule has 0 amide bonds. The number of anilines is 2. The Morgan fingerprint density at radius 1 is 0.507 bits per heavy atom. The van der Waals surface area contributed by atoms with Gasteiger partial charge in [0.05, 0.1) is 27.8 Å². The molecule has 3 aromatic heterocycles. The number of nitrogens with zero attached hydrogens (tertiary/aromatic N) is 4. The van der Waals surface area contributed by atoms with Crippen molar-refractivity contribution in [2.45, 2.75) is 105 Å². The SMILES string of the molecule is [2H]C([2H])(c1cc(-c2cccc3c4ccccc4c4ccccc4c4cc(C(C)(C)C)cc5c4n(c23)CN5c2cccc(Oc3ccc4c5ccccc5n(-c5cc(C(C)(C)C)ccn5)c4c3)c2)cc(C(C)(C)C)c1)C(C)C. The van der Waals surface area contributed by atoms with Crippen molar-refractivity contribution >= 4 is 76.5 Å². The molecular weight excluding hydrogens is 913 g/mol. The lowest BCUT2D eigenvalue weighted by molar-refractivity contribution is 0.483. The Hall–Kier alpha value is -7.89. The summed E-state index contributed by atoms with van der Waals surface area (Å²) in [7, 11) is 0. The second kappa shape index (κ2) is 17.9. The van der Waals surface area contributed by atoms with Gasteiger partial charge in [0.2, 0.25) is 0 Å². The number of hydrogen-bond donors (Lipinski definition) is 0. The van der Waals surface area contributed by atoms with E-state index in [9.17, 15) is 2.74 Å². The maximum atomic E-state index is 9.46. The van der Waals surface area contributed by atoms with Gasteiger partial charge in [-0.25, -0.2) is 4.98 Å². The van der Waals surface area contributed by atoms with Gasteiger partial charge >= 0.3 is 0 Å². The van der Waals surface area contributed by atoms with Crippen molar-refractivity contribution in [1.82, 2.24) is 14.1 Å². The summed E-state index contributed by atoms with van der Waals surface area (Å²) in [6.07, 6.45) is 0.372. The van der Waals surface area contributed by atoms with E-state index in [1.807, 2.05) is 20.0 Å². The van der Waals surface area contributed by atoms with Gasteiger partial charge in [0, 0.05) is 53.9 Å². The van der Waals surface area contributed by atoms with Gasteiger partial charge in [-0.1, -0.05) is 185 Å². The summed E-state index contributed by atoms with van der Waals surface area (Å²) in [6.45, 7) is 24.8. The van der Waals surface area contributed by atoms with E-state index < -0.39 is 6.37 Å². The van der Waals surface area contributed by atoms with Gasteiger partial charge in [-0.05, 0) is 132 Å². The van der Waals surface area contributed by atoms with Crippen LogP contribution in [0.5, 0.6) is 11.5 Å². The number of ether oxygens (including phenoxy) is 1. The zero-order valence-corrected chi connectivity index (χ0v) is 45.3. The molecule has 0 saturated heterocycles. The third-order valence-corrected chi connectivity index (χ3v) is 15.2. The first kappa shape index (κ1) is 45.7. The number of aromatic nitrogens is 3. The Morgan fingerprint density at radius 3 is 1.80 bits per heavy atom. The maximum absolute atomic E-state index is 9.46. The number of hydrogen-bond acceptors (Lipinski definition) is 3. The van der Waals surface area contributed by atoms with Crippen molar-refractivity contribution in [3.63, 3.8) is 0 Å². The van der Waals surface area contributed by atoms with Crippen LogP contribution in [-0.4, -0.2) is 14.1 Å². The summed E-state index contributed by atoms with van der Waals surface area (Å²) in [5.74, 6) is 2.12. The standard InChI is InChI=1S/C70H68N4O/c1-44(2)34-45-35-46(37-48(36-45)69(6,7)8)53-27-19-28-60-56-24-14-12-22-54(56)55-23-13-15-25-57(55)61-38-49(70(9,10)11)39-64-67(61)73(66(53)60)43-72(64)50-20-18-21-51(41-50)75-52-30-31-59-58-26-16-17-29-62(58)74(63(59)42-52)65-40-47(32-33-71-65)68(3,4)5/h12-33,35-42,44H,34,43H2,1-11H3/i34D2. The summed E-state index contributed by atoms with van der Waals surface area (Å²) < 4.78 is 30.7.